The molecule has 0 saturated carbocycles. The minimum atomic E-state index is -0.513. The van der Waals surface area contributed by atoms with Crippen LogP contribution in [0.1, 0.15) is 25.6 Å². The number of anilines is 1. The Morgan fingerprint density at radius 2 is 2.20 bits per heavy atom. The van der Waals surface area contributed by atoms with Gasteiger partial charge in [-0.15, -0.1) is 0 Å². The topological polar surface area (TPSA) is 59.8 Å². The second-order valence-electron chi connectivity index (χ2n) is 5.70. The van der Waals surface area contributed by atoms with Crippen LogP contribution in [0.4, 0.5) is 10.1 Å². The lowest BCUT2D eigenvalue weighted by Crippen LogP contribution is -2.14. The highest BCUT2D eigenvalue weighted by atomic mass is 35.5. The fourth-order valence-electron chi connectivity index (χ4n) is 2.68. The van der Waals surface area contributed by atoms with Gasteiger partial charge in [-0.1, -0.05) is 18.5 Å². The van der Waals surface area contributed by atoms with Crippen molar-refractivity contribution in [2.75, 3.05) is 5.32 Å². The van der Waals surface area contributed by atoms with Gasteiger partial charge in [0, 0.05) is 31.3 Å². The van der Waals surface area contributed by atoms with E-state index in [0.29, 0.717) is 12.1 Å². The van der Waals surface area contributed by atoms with Gasteiger partial charge in [0.25, 0.3) is 0 Å². The maximum Gasteiger partial charge on any atom is 0.224 e. The first kappa shape index (κ1) is 17.4. The van der Waals surface area contributed by atoms with E-state index in [4.69, 9.17) is 11.6 Å². The molecule has 3 aromatic rings. The Morgan fingerprint density at radius 1 is 1.36 bits per heavy atom. The quantitative estimate of drug-likeness (QED) is 0.716. The van der Waals surface area contributed by atoms with Gasteiger partial charge in [-0.2, -0.15) is 0 Å². The summed E-state index contributed by atoms with van der Waals surface area (Å²) in [6.45, 7) is 2.89. The lowest BCUT2D eigenvalue weighted by atomic mass is 10.2. The lowest BCUT2D eigenvalue weighted by molar-refractivity contribution is -0.116. The number of amides is 1. The fraction of sp³-hybridized carbons (Fsp3) is 0.278. The van der Waals surface area contributed by atoms with Crippen molar-refractivity contribution >= 4 is 34.4 Å². The van der Waals surface area contributed by atoms with Crippen molar-refractivity contribution in [2.24, 2.45) is 0 Å². The Bertz CT molecular complexity index is 909. The third-order valence-electron chi connectivity index (χ3n) is 3.81. The minimum absolute atomic E-state index is 0.0198. The van der Waals surface area contributed by atoms with Gasteiger partial charge in [0.05, 0.1) is 5.02 Å². The summed E-state index contributed by atoms with van der Waals surface area (Å²) in [6.07, 6.45) is 3.46. The number of benzene rings is 1. The molecule has 0 saturated heterocycles. The molecule has 0 unspecified atom stereocenters. The molecule has 7 heteroatoms. The maximum absolute atomic E-state index is 13.2. The van der Waals surface area contributed by atoms with Crippen molar-refractivity contribution in [1.82, 2.24) is 14.5 Å². The number of aromatic nitrogens is 3. The molecule has 0 radical (unpaired) electrons. The van der Waals surface area contributed by atoms with Gasteiger partial charge in [0.1, 0.15) is 17.2 Å². The molecule has 0 fully saturated rings. The molecule has 0 bridgehead atoms. The van der Waals surface area contributed by atoms with E-state index in [2.05, 4.69) is 26.8 Å². The molecule has 0 aliphatic carbocycles. The number of nitrogens with one attached hydrogen (secondary N) is 1. The van der Waals surface area contributed by atoms with E-state index in [1.54, 1.807) is 6.20 Å². The standard InChI is InChI=1S/C18H18ClFN4O/c1-2-10-24-16(23-15-4-3-9-21-18(15)24)7-8-17(25)22-12-5-6-14(20)13(19)11-12/h3-6,9,11H,2,7-8,10H2,1H3,(H,22,25). The van der Waals surface area contributed by atoms with Gasteiger partial charge in [-0.25, -0.2) is 14.4 Å². The normalized spacial score (nSPS) is 11.0. The first-order valence-corrected chi connectivity index (χ1v) is 8.51. The van der Waals surface area contributed by atoms with Crippen LogP contribution in [0.25, 0.3) is 11.2 Å². The third-order valence-corrected chi connectivity index (χ3v) is 4.10. The Hall–Kier alpha value is -2.47. The molecule has 1 amide bonds. The van der Waals surface area contributed by atoms with Gasteiger partial charge in [0.2, 0.25) is 5.91 Å². The zero-order chi connectivity index (χ0) is 17.8. The summed E-state index contributed by atoms with van der Waals surface area (Å²) in [6, 6.07) is 7.86. The zero-order valence-electron chi connectivity index (χ0n) is 13.8. The highest BCUT2D eigenvalue weighted by Crippen LogP contribution is 2.20. The smallest absolute Gasteiger partial charge is 0.224 e. The molecule has 0 aliphatic rings. The molecule has 130 valence electrons. The van der Waals surface area contributed by atoms with Gasteiger partial charge in [-0.05, 0) is 36.8 Å². The average molecular weight is 361 g/mol. The predicted octanol–water partition coefficient (Wildman–Crippen LogP) is 4.21. The summed E-state index contributed by atoms with van der Waals surface area (Å²) in [4.78, 5) is 21.1. The summed E-state index contributed by atoms with van der Waals surface area (Å²) in [7, 11) is 0. The number of halogens is 2. The average Bonchev–Trinajstić information content (AvgIpc) is 2.95. The number of pyridine rings is 1. The van der Waals surface area contributed by atoms with Crippen molar-refractivity contribution in [1.29, 1.82) is 0 Å². The van der Waals surface area contributed by atoms with E-state index in [9.17, 15) is 9.18 Å². The van der Waals surface area contributed by atoms with Crippen LogP contribution in [-0.2, 0) is 17.8 Å². The summed E-state index contributed by atoms with van der Waals surface area (Å²) in [5, 5.41) is 2.70. The molecule has 2 heterocycles. The van der Waals surface area contributed by atoms with E-state index < -0.39 is 5.82 Å². The van der Waals surface area contributed by atoms with Crippen LogP contribution >= 0.6 is 11.6 Å². The number of nitrogens with zero attached hydrogens (tertiary/aromatic N) is 3. The Kier molecular flexibility index (Phi) is 5.28. The molecule has 0 aliphatic heterocycles. The van der Waals surface area contributed by atoms with Crippen LogP contribution < -0.4 is 5.32 Å². The monoisotopic (exact) mass is 360 g/mol. The molecule has 3 rings (SSSR count). The molecule has 1 aromatic carbocycles. The van der Waals surface area contributed by atoms with Gasteiger partial charge in [-0.3, -0.25) is 4.79 Å². The molecule has 1 N–H and O–H groups in total. The number of aryl methyl sites for hydroxylation is 2. The summed E-state index contributed by atoms with van der Waals surface area (Å²) < 4.78 is 15.2. The van der Waals surface area contributed by atoms with E-state index in [1.807, 2.05) is 12.1 Å². The number of hydrogen-bond acceptors (Lipinski definition) is 3. The Balaban J connectivity index is 1.70. The first-order chi connectivity index (χ1) is 12.1. The zero-order valence-corrected chi connectivity index (χ0v) is 14.6. The second kappa shape index (κ2) is 7.61. The fourth-order valence-corrected chi connectivity index (χ4v) is 2.86. The number of imidazole rings is 1. The summed E-state index contributed by atoms with van der Waals surface area (Å²) in [5.74, 6) is 0.147. The highest BCUT2D eigenvalue weighted by Gasteiger charge is 2.13. The molecule has 0 spiro atoms. The van der Waals surface area contributed by atoms with Crippen LogP contribution in [0, 0.1) is 5.82 Å². The molecular weight excluding hydrogens is 343 g/mol. The molecule has 25 heavy (non-hydrogen) atoms. The number of fused-ring (bicyclic) bond motifs is 1. The number of hydrogen-bond donors (Lipinski definition) is 1. The van der Waals surface area contributed by atoms with Crippen LogP contribution in [0.5, 0.6) is 0 Å². The SMILES string of the molecule is CCCn1c(CCC(=O)Nc2ccc(F)c(Cl)c2)nc2cccnc21. The summed E-state index contributed by atoms with van der Waals surface area (Å²) >= 11 is 5.72. The minimum Gasteiger partial charge on any atom is -0.326 e. The largest absolute Gasteiger partial charge is 0.326 e. The molecule has 2 aromatic heterocycles. The number of carbonyl (C=O) groups excluding carboxylic acids is 1. The molecule has 5 nitrogen and oxygen atoms in total. The van der Waals surface area contributed by atoms with Crippen LogP contribution in [0.3, 0.4) is 0 Å². The van der Waals surface area contributed by atoms with Gasteiger partial charge >= 0.3 is 0 Å². The number of carbonyl (C=O) groups is 1. The highest BCUT2D eigenvalue weighted by molar-refractivity contribution is 6.31. The van der Waals surface area contributed by atoms with Gasteiger partial charge < -0.3 is 9.88 Å². The van der Waals surface area contributed by atoms with Gasteiger partial charge in [0.15, 0.2) is 5.65 Å². The van der Waals surface area contributed by atoms with Crippen molar-refractivity contribution in [3.63, 3.8) is 0 Å². The van der Waals surface area contributed by atoms with Crippen molar-refractivity contribution in [3.05, 3.63) is 53.2 Å². The second-order valence-corrected chi connectivity index (χ2v) is 6.11. The Labute approximate surface area is 149 Å². The first-order valence-electron chi connectivity index (χ1n) is 8.13. The van der Waals surface area contributed by atoms with E-state index in [0.717, 1.165) is 30.0 Å². The summed E-state index contributed by atoms with van der Waals surface area (Å²) in [5.41, 5.74) is 2.14. The van der Waals surface area contributed by atoms with Crippen molar-refractivity contribution in [3.8, 4) is 0 Å². The van der Waals surface area contributed by atoms with E-state index >= 15 is 0 Å². The predicted molar refractivity (Wildman–Crippen MR) is 96.2 cm³/mol. The third kappa shape index (κ3) is 3.96. The van der Waals surface area contributed by atoms with E-state index in [-0.39, 0.29) is 17.4 Å². The lowest BCUT2D eigenvalue weighted by Gasteiger charge is -2.08. The van der Waals surface area contributed by atoms with Crippen LogP contribution in [0.15, 0.2) is 36.5 Å². The van der Waals surface area contributed by atoms with Crippen LogP contribution in [0.2, 0.25) is 5.02 Å². The number of rotatable bonds is 6. The Morgan fingerprint density at radius 3 is 2.96 bits per heavy atom. The molecular formula is C18H18ClFN4O. The maximum atomic E-state index is 13.2. The van der Waals surface area contributed by atoms with Crippen LogP contribution in [-0.4, -0.2) is 20.4 Å². The van der Waals surface area contributed by atoms with Crippen molar-refractivity contribution < 1.29 is 9.18 Å². The van der Waals surface area contributed by atoms with Crippen molar-refractivity contribution in [2.45, 2.75) is 32.7 Å². The molecule has 0 atom stereocenters. The van der Waals surface area contributed by atoms with E-state index in [1.165, 1.54) is 18.2 Å².